The third-order valence-corrected chi connectivity index (χ3v) is 3.73. The van der Waals surface area contributed by atoms with Crippen molar-refractivity contribution in [3.63, 3.8) is 0 Å². The normalized spacial score (nSPS) is 12.2. The van der Waals surface area contributed by atoms with E-state index in [2.05, 4.69) is 25.9 Å². The number of halogens is 2. The highest BCUT2D eigenvalue weighted by Crippen LogP contribution is 2.22. The molecule has 0 aliphatic heterocycles. The Morgan fingerprint density at radius 1 is 1.36 bits per heavy atom. The van der Waals surface area contributed by atoms with E-state index in [1.807, 2.05) is 0 Å². The Morgan fingerprint density at radius 3 is 2.84 bits per heavy atom. The Hall–Kier alpha value is -3.17. The summed E-state index contributed by atoms with van der Waals surface area (Å²) in [6.07, 6.45) is 2.88. The number of tetrazole rings is 1. The molecule has 1 amide bonds. The molecule has 1 N–H and O–H groups in total. The predicted molar refractivity (Wildman–Crippen MR) is 82.6 cm³/mol. The summed E-state index contributed by atoms with van der Waals surface area (Å²) < 4.78 is 29.7. The molecule has 0 saturated carbocycles. The molecule has 0 aliphatic carbocycles. The summed E-state index contributed by atoms with van der Waals surface area (Å²) in [6, 6.07) is 2.92. The van der Waals surface area contributed by atoms with Gasteiger partial charge >= 0.3 is 0 Å². The van der Waals surface area contributed by atoms with Gasteiger partial charge in [-0.25, -0.2) is 18.1 Å². The summed E-state index contributed by atoms with van der Waals surface area (Å²) in [5.41, 5.74) is 1.49. The fourth-order valence-corrected chi connectivity index (χ4v) is 2.51. The summed E-state index contributed by atoms with van der Waals surface area (Å²) in [5.74, 6) is -1.65. The predicted octanol–water partition coefficient (Wildman–Crippen LogP) is 1.32. The van der Waals surface area contributed by atoms with E-state index in [4.69, 9.17) is 0 Å². The zero-order chi connectivity index (χ0) is 18.0. The first-order chi connectivity index (χ1) is 12.0. The lowest BCUT2D eigenvalue weighted by Gasteiger charge is -2.14. The Balaban J connectivity index is 1.77. The van der Waals surface area contributed by atoms with Crippen molar-refractivity contribution in [1.82, 2.24) is 35.3 Å². The highest BCUT2D eigenvalue weighted by Gasteiger charge is 2.18. The summed E-state index contributed by atoms with van der Waals surface area (Å²) in [4.78, 5) is 12.0. The zero-order valence-electron chi connectivity index (χ0n) is 13.5. The van der Waals surface area contributed by atoms with Gasteiger partial charge in [0.25, 0.3) is 0 Å². The molecule has 0 bridgehead atoms. The lowest BCUT2D eigenvalue weighted by atomic mass is 10.1. The van der Waals surface area contributed by atoms with Crippen LogP contribution in [-0.4, -0.2) is 35.9 Å². The number of nitrogens with one attached hydrogen (secondary N) is 1. The first-order valence-corrected chi connectivity index (χ1v) is 7.46. The second kappa shape index (κ2) is 6.75. The van der Waals surface area contributed by atoms with E-state index in [1.165, 1.54) is 21.8 Å². The van der Waals surface area contributed by atoms with Gasteiger partial charge in [0.15, 0.2) is 5.82 Å². The van der Waals surface area contributed by atoms with Crippen LogP contribution in [0, 0.1) is 18.6 Å². The Bertz CT molecular complexity index is 891. The van der Waals surface area contributed by atoms with E-state index in [-0.39, 0.29) is 24.2 Å². The topological polar surface area (TPSA) is 90.5 Å². The van der Waals surface area contributed by atoms with E-state index < -0.39 is 11.6 Å². The van der Waals surface area contributed by atoms with Gasteiger partial charge in [-0.05, 0) is 36.4 Å². The van der Waals surface area contributed by atoms with Gasteiger partial charge in [0.05, 0.1) is 12.2 Å². The van der Waals surface area contributed by atoms with Crippen LogP contribution in [0.25, 0.3) is 5.69 Å². The summed E-state index contributed by atoms with van der Waals surface area (Å²) in [6.45, 7) is 3.51. The lowest BCUT2D eigenvalue weighted by Crippen LogP contribution is -2.30. The molecule has 10 heteroatoms. The maximum atomic E-state index is 14.0. The molecule has 0 fully saturated rings. The third kappa shape index (κ3) is 3.52. The molecule has 3 aromatic rings. The number of rotatable bonds is 5. The molecule has 1 aromatic carbocycles. The van der Waals surface area contributed by atoms with Crippen molar-refractivity contribution in [2.75, 3.05) is 0 Å². The van der Waals surface area contributed by atoms with Crippen LogP contribution in [0.15, 0.2) is 30.7 Å². The minimum atomic E-state index is -0.715. The van der Waals surface area contributed by atoms with Crippen molar-refractivity contribution in [3.05, 3.63) is 53.6 Å². The Labute approximate surface area is 141 Å². The number of benzene rings is 1. The molecular weight excluding hydrogens is 332 g/mol. The fourth-order valence-electron chi connectivity index (χ4n) is 2.51. The van der Waals surface area contributed by atoms with Crippen LogP contribution >= 0.6 is 0 Å². The van der Waals surface area contributed by atoms with Gasteiger partial charge < -0.3 is 5.32 Å². The van der Waals surface area contributed by atoms with Gasteiger partial charge in [-0.2, -0.15) is 5.10 Å². The minimum absolute atomic E-state index is 0.0168. The SMILES string of the molecule is Cc1c(C(C)NC(=O)Cn2cnnn2)cnn1-c1ccc(F)cc1F. The Kier molecular flexibility index (Phi) is 4.50. The van der Waals surface area contributed by atoms with Gasteiger partial charge in [-0.3, -0.25) is 4.79 Å². The average molecular weight is 347 g/mol. The van der Waals surface area contributed by atoms with E-state index in [9.17, 15) is 13.6 Å². The van der Waals surface area contributed by atoms with Gasteiger partial charge in [0, 0.05) is 17.3 Å². The monoisotopic (exact) mass is 347 g/mol. The van der Waals surface area contributed by atoms with Crippen molar-refractivity contribution < 1.29 is 13.6 Å². The third-order valence-electron chi connectivity index (χ3n) is 3.73. The lowest BCUT2D eigenvalue weighted by molar-refractivity contribution is -0.122. The molecule has 0 saturated heterocycles. The van der Waals surface area contributed by atoms with Crippen LogP contribution < -0.4 is 5.32 Å². The first-order valence-electron chi connectivity index (χ1n) is 7.46. The van der Waals surface area contributed by atoms with Crippen LogP contribution in [0.4, 0.5) is 8.78 Å². The molecule has 0 spiro atoms. The van der Waals surface area contributed by atoms with Crippen LogP contribution in [0.2, 0.25) is 0 Å². The second-order valence-electron chi connectivity index (χ2n) is 5.49. The van der Waals surface area contributed by atoms with Crippen molar-refractivity contribution in [3.8, 4) is 5.69 Å². The highest BCUT2D eigenvalue weighted by atomic mass is 19.1. The molecule has 2 heterocycles. The van der Waals surface area contributed by atoms with E-state index >= 15 is 0 Å². The van der Waals surface area contributed by atoms with Crippen LogP contribution in [0.1, 0.15) is 24.2 Å². The molecule has 1 unspecified atom stereocenters. The maximum absolute atomic E-state index is 14.0. The highest BCUT2D eigenvalue weighted by molar-refractivity contribution is 5.76. The number of carbonyl (C=O) groups excluding carboxylic acids is 1. The maximum Gasteiger partial charge on any atom is 0.242 e. The molecule has 0 aliphatic rings. The number of aromatic nitrogens is 6. The average Bonchev–Trinajstić information content (AvgIpc) is 3.17. The quantitative estimate of drug-likeness (QED) is 0.752. The Morgan fingerprint density at radius 2 is 2.16 bits per heavy atom. The number of hydrogen-bond donors (Lipinski definition) is 1. The van der Waals surface area contributed by atoms with Gasteiger partial charge in [0.2, 0.25) is 5.91 Å². The van der Waals surface area contributed by atoms with Crippen molar-refractivity contribution in [1.29, 1.82) is 0 Å². The standard InChI is InChI=1S/C15H15F2N7O/c1-9(20-15(25)7-23-8-18-21-22-23)12-6-19-24(10(12)2)14-4-3-11(16)5-13(14)17/h3-6,8-9H,7H2,1-2H3,(H,20,25). The molecular formula is C15H15F2N7O. The summed E-state index contributed by atoms with van der Waals surface area (Å²) in [7, 11) is 0. The first kappa shape index (κ1) is 16.7. The fraction of sp³-hybridized carbons (Fsp3) is 0.267. The molecule has 2 aromatic heterocycles. The van der Waals surface area contributed by atoms with Gasteiger partial charge in [-0.15, -0.1) is 5.10 Å². The molecule has 1 atom stereocenters. The number of amides is 1. The zero-order valence-corrected chi connectivity index (χ0v) is 13.5. The molecule has 25 heavy (non-hydrogen) atoms. The molecule has 130 valence electrons. The summed E-state index contributed by atoms with van der Waals surface area (Å²) in [5, 5.41) is 17.5. The molecule has 3 rings (SSSR count). The summed E-state index contributed by atoms with van der Waals surface area (Å²) >= 11 is 0. The second-order valence-corrected chi connectivity index (χ2v) is 5.49. The molecule has 8 nitrogen and oxygen atoms in total. The number of hydrogen-bond acceptors (Lipinski definition) is 5. The van der Waals surface area contributed by atoms with Crippen LogP contribution in [0.3, 0.4) is 0 Å². The largest absolute Gasteiger partial charge is 0.348 e. The number of carbonyl (C=O) groups is 1. The van der Waals surface area contributed by atoms with E-state index in [0.29, 0.717) is 11.3 Å². The van der Waals surface area contributed by atoms with E-state index in [0.717, 1.165) is 12.1 Å². The van der Waals surface area contributed by atoms with Crippen LogP contribution in [-0.2, 0) is 11.3 Å². The molecule has 0 radical (unpaired) electrons. The number of nitrogens with zero attached hydrogens (tertiary/aromatic N) is 6. The van der Waals surface area contributed by atoms with Crippen molar-refractivity contribution in [2.24, 2.45) is 0 Å². The van der Waals surface area contributed by atoms with Crippen molar-refractivity contribution >= 4 is 5.91 Å². The van der Waals surface area contributed by atoms with E-state index in [1.54, 1.807) is 20.0 Å². The van der Waals surface area contributed by atoms with Crippen molar-refractivity contribution in [2.45, 2.75) is 26.4 Å². The minimum Gasteiger partial charge on any atom is -0.348 e. The van der Waals surface area contributed by atoms with Gasteiger partial charge in [-0.1, -0.05) is 0 Å². The van der Waals surface area contributed by atoms with Gasteiger partial charge in [0.1, 0.15) is 24.4 Å². The smallest absolute Gasteiger partial charge is 0.242 e. The van der Waals surface area contributed by atoms with Crippen LogP contribution in [0.5, 0.6) is 0 Å².